The fraction of sp³-hybridized carbons (Fsp3) is 0.571. The molecule has 0 aliphatic heterocycles. The molecule has 1 rings (SSSR count). The van der Waals surface area contributed by atoms with Crippen LogP contribution in [0.2, 0.25) is 0 Å². The molecule has 0 unspecified atom stereocenters. The maximum atomic E-state index is 5.36. The van der Waals surface area contributed by atoms with E-state index in [1.807, 2.05) is 13.1 Å². The van der Waals surface area contributed by atoms with Crippen molar-refractivity contribution in [1.82, 2.24) is 5.32 Å². The highest BCUT2D eigenvalue weighted by molar-refractivity contribution is 5.59. The van der Waals surface area contributed by atoms with E-state index in [-0.39, 0.29) is 5.41 Å². The first-order valence-corrected chi connectivity index (χ1v) is 6.06. The summed E-state index contributed by atoms with van der Waals surface area (Å²) in [6.07, 6.45) is 0. The standard InChI is InChI=1S/C14H24N2O/c1-14(2,3)11-6-7-13(17-5)12(10-11)16-9-8-15-4/h6-7,10,15-16H,8-9H2,1-5H3. The first kappa shape index (κ1) is 13.8. The van der Waals surface area contributed by atoms with E-state index in [9.17, 15) is 0 Å². The lowest BCUT2D eigenvalue weighted by Crippen LogP contribution is -2.18. The van der Waals surface area contributed by atoms with Crippen LogP contribution in [0.4, 0.5) is 5.69 Å². The molecule has 0 fully saturated rings. The zero-order valence-corrected chi connectivity index (χ0v) is 11.6. The Bertz CT molecular complexity index is 356. The minimum atomic E-state index is 0.158. The van der Waals surface area contributed by atoms with Gasteiger partial charge < -0.3 is 15.4 Å². The lowest BCUT2D eigenvalue weighted by molar-refractivity contribution is 0.416. The van der Waals surface area contributed by atoms with Gasteiger partial charge in [0, 0.05) is 13.1 Å². The number of nitrogens with one attached hydrogen (secondary N) is 2. The van der Waals surface area contributed by atoms with Crippen LogP contribution in [0.1, 0.15) is 26.3 Å². The zero-order valence-electron chi connectivity index (χ0n) is 11.6. The molecule has 0 heterocycles. The summed E-state index contributed by atoms with van der Waals surface area (Å²) in [5.41, 5.74) is 2.53. The number of ether oxygens (including phenoxy) is 1. The molecule has 96 valence electrons. The van der Waals surface area contributed by atoms with Gasteiger partial charge in [-0.3, -0.25) is 0 Å². The highest BCUT2D eigenvalue weighted by Crippen LogP contribution is 2.31. The quantitative estimate of drug-likeness (QED) is 0.771. The molecule has 0 aliphatic rings. The lowest BCUT2D eigenvalue weighted by atomic mass is 9.87. The Hall–Kier alpha value is -1.22. The minimum absolute atomic E-state index is 0.158. The topological polar surface area (TPSA) is 33.3 Å². The summed E-state index contributed by atoms with van der Waals surface area (Å²) in [7, 11) is 3.65. The first-order chi connectivity index (χ1) is 7.99. The van der Waals surface area contributed by atoms with Gasteiger partial charge in [-0.15, -0.1) is 0 Å². The molecule has 0 aliphatic carbocycles. The molecular formula is C14H24N2O. The van der Waals surface area contributed by atoms with E-state index < -0.39 is 0 Å². The molecule has 0 saturated carbocycles. The molecule has 0 bridgehead atoms. The van der Waals surface area contributed by atoms with Crippen molar-refractivity contribution in [3.05, 3.63) is 23.8 Å². The molecule has 0 amide bonds. The van der Waals surface area contributed by atoms with Gasteiger partial charge in [0.2, 0.25) is 0 Å². The average molecular weight is 236 g/mol. The molecular weight excluding hydrogens is 212 g/mol. The maximum Gasteiger partial charge on any atom is 0.141 e. The van der Waals surface area contributed by atoms with Crippen LogP contribution in [0.15, 0.2) is 18.2 Å². The van der Waals surface area contributed by atoms with Gasteiger partial charge in [0.15, 0.2) is 0 Å². The van der Waals surface area contributed by atoms with Crippen molar-refractivity contribution in [2.45, 2.75) is 26.2 Å². The highest BCUT2D eigenvalue weighted by Gasteiger charge is 2.15. The van der Waals surface area contributed by atoms with E-state index in [1.54, 1.807) is 7.11 Å². The first-order valence-electron chi connectivity index (χ1n) is 6.06. The second-order valence-electron chi connectivity index (χ2n) is 5.20. The predicted molar refractivity (Wildman–Crippen MR) is 74.1 cm³/mol. The van der Waals surface area contributed by atoms with Gasteiger partial charge >= 0.3 is 0 Å². The van der Waals surface area contributed by atoms with Crippen LogP contribution in [0.5, 0.6) is 5.75 Å². The van der Waals surface area contributed by atoms with E-state index in [4.69, 9.17) is 4.74 Å². The van der Waals surface area contributed by atoms with Crippen molar-refractivity contribution < 1.29 is 4.74 Å². The minimum Gasteiger partial charge on any atom is -0.495 e. The van der Waals surface area contributed by atoms with Crippen LogP contribution in [0.3, 0.4) is 0 Å². The van der Waals surface area contributed by atoms with Crippen molar-refractivity contribution in [3.8, 4) is 5.75 Å². The smallest absolute Gasteiger partial charge is 0.141 e. The third-order valence-corrected chi connectivity index (χ3v) is 2.76. The number of benzene rings is 1. The second kappa shape index (κ2) is 5.92. The maximum absolute atomic E-state index is 5.36. The van der Waals surface area contributed by atoms with Crippen LogP contribution in [0, 0.1) is 0 Å². The monoisotopic (exact) mass is 236 g/mol. The summed E-state index contributed by atoms with van der Waals surface area (Å²) in [4.78, 5) is 0. The SMILES string of the molecule is CNCCNc1cc(C(C)(C)C)ccc1OC. The molecule has 0 radical (unpaired) electrons. The fourth-order valence-electron chi connectivity index (χ4n) is 1.63. The number of hydrogen-bond acceptors (Lipinski definition) is 3. The van der Waals surface area contributed by atoms with Gasteiger partial charge in [0.1, 0.15) is 5.75 Å². The number of methoxy groups -OCH3 is 1. The number of rotatable bonds is 5. The Morgan fingerprint density at radius 2 is 1.88 bits per heavy atom. The summed E-state index contributed by atoms with van der Waals surface area (Å²) >= 11 is 0. The van der Waals surface area contributed by atoms with Crippen LogP contribution in [0.25, 0.3) is 0 Å². The van der Waals surface area contributed by atoms with Crippen LogP contribution >= 0.6 is 0 Å². The Kier molecular flexibility index (Phi) is 4.82. The van der Waals surface area contributed by atoms with E-state index in [1.165, 1.54) is 5.56 Å². The van der Waals surface area contributed by atoms with E-state index in [2.05, 4.69) is 43.5 Å². The fourth-order valence-corrected chi connectivity index (χ4v) is 1.63. The number of anilines is 1. The van der Waals surface area contributed by atoms with Gasteiger partial charge in [-0.2, -0.15) is 0 Å². The summed E-state index contributed by atoms with van der Waals surface area (Å²) in [6, 6.07) is 6.33. The molecule has 0 saturated heterocycles. The summed E-state index contributed by atoms with van der Waals surface area (Å²) < 4.78 is 5.36. The Morgan fingerprint density at radius 3 is 2.41 bits per heavy atom. The molecule has 3 nitrogen and oxygen atoms in total. The third kappa shape index (κ3) is 3.93. The molecule has 1 aromatic rings. The van der Waals surface area contributed by atoms with Crippen molar-refractivity contribution >= 4 is 5.69 Å². The largest absolute Gasteiger partial charge is 0.495 e. The number of likely N-dealkylation sites (N-methyl/N-ethyl adjacent to an activating group) is 1. The summed E-state index contributed by atoms with van der Waals surface area (Å²) in [6.45, 7) is 8.47. The number of hydrogen-bond donors (Lipinski definition) is 2. The summed E-state index contributed by atoms with van der Waals surface area (Å²) in [5.74, 6) is 0.897. The molecule has 0 atom stereocenters. The molecule has 17 heavy (non-hydrogen) atoms. The van der Waals surface area contributed by atoms with E-state index in [0.717, 1.165) is 24.5 Å². The normalized spacial score (nSPS) is 11.4. The van der Waals surface area contributed by atoms with Crippen molar-refractivity contribution in [2.75, 3.05) is 32.6 Å². The predicted octanol–water partition coefficient (Wildman–Crippen LogP) is 2.62. The van der Waals surface area contributed by atoms with Crippen molar-refractivity contribution in [3.63, 3.8) is 0 Å². The van der Waals surface area contributed by atoms with Gasteiger partial charge in [-0.1, -0.05) is 26.8 Å². The zero-order chi connectivity index (χ0) is 12.9. The molecule has 3 heteroatoms. The highest BCUT2D eigenvalue weighted by atomic mass is 16.5. The molecule has 0 spiro atoms. The Morgan fingerprint density at radius 1 is 1.18 bits per heavy atom. The molecule has 1 aromatic carbocycles. The van der Waals surface area contributed by atoms with Gasteiger partial charge in [-0.25, -0.2) is 0 Å². The van der Waals surface area contributed by atoms with Gasteiger partial charge in [-0.05, 0) is 30.2 Å². The Labute approximate surface area is 105 Å². The molecule has 2 N–H and O–H groups in total. The average Bonchev–Trinajstić information content (AvgIpc) is 2.28. The van der Waals surface area contributed by atoms with Crippen LogP contribution in [-0.4, -0.2) is 27.2 Å². The second-order valence-corrected chi connectivity index (χ2v) is 5.20. The Balaban J connectivity index is 2.90. The van der Waals surface area contributed by atoms with Gasteiger partial charge in [0.05, 0.1) is 12.8 Å². The van der Waals surface area contributed by atoms with E-state index in [0.29, 0.717) is 0 Å². The van der Waals surface area contributed by atoms with Crippen LogP contribution in [-0.2, 0) is 5.41 Å². The molecule has 0 aromatic heterocycles. The van der Waals surface area contributed by atoms with Crippen molar-refractivity contribution in [2.24, 2.45) is 0 Å². The van der Waals surface area contributed by atoms with Crippen LogP contribution < -0.4 is 15.4 Å². The van der Waals surface area contributed by atoms with Gasteiger partial charge in [0.25, 0.3) is 0 Å². The van der Waals surface area contributed by atoms with E-state index >= 15 is 0 Å². The summed E-state index contributed by atoms with van der Waals surface area (Å²) in [5, 5.41) is 6.51. The third-order valence-electron chi connectivity index (χ3n) is 2.76. The van der Waals surface area contributed by atoms with Crippen molar-refractivity contribution in [1.29, 1.82) is 0 Å². The lowest BCUT2D eigenvalue weighted by Gasteiger charge is -2.21.